The number of fused-ring (bicyclic) bond motifs is 2. The predicted octanol–water partition coefficient (Wildman–Crippen LogP) is 2.39. The lowest BCUT2D eigenvalue weighted by Gasteiger charge is -2.17. The van der Waals surface area contributed by atoms with Gasteiger partial charge < -0.3 is 5.32 Å². The molecule has 2 heteroatoms. The number of pyridine rings is 1. The van der Waals surface area contributed by atoms with Crippen molar-refractivity contribution >= 4 is 16.7 Å². The highest BCUT2D eigenvalue weighted by molar-refractivity contribution is 5.81. The molecule has 0 bridgehead atoms. The van der Waals surface area contributed by atoms with Crippen LogP contribution in [0.15, 0.2) is 24.3 Å². The molecule has 1 aliphatic rings. The summed E-state index contributed by atoms with van der Waals surface area (Å²) in [4.78, 5) is 4.57. The molecule has 0 fully saturated rings. The van der Waals surface area contributed by atoms with Crippen molar-refractivity contribution in [1.29, 1.82) is 0 Å². The maximum atomic E-state index is 4.57. The Bertz CT molecular complexity index is 432. The Labute approximate surface area is 83.0 Å². The third-order valence-electron chi connectivity index (χ3n) is 2.66. The number of anilines is 1. The summed E-state index contributed by atoms with van der Waals surface area (Å²) in [6.07, 6.45) is 2.35. The second kappa shape index (κ2) is 2.98. The third kappa shape index (κ3) is 1.15. The van der Waals surface area contributed by atoms with Crippen molar-refractivity contribution in [3.63, 3.8) is 0 Å². The molecule has 0 unspecified atom stereocenters. The van der Waals surface area contributed by atoms with Crippen molar-refractivity contribution < 1.29 is 0 Å². The SMILES string of the molecule is [c]1ccc2cc3c(nc2c1)NCCC3. The quantitative estimate of drug-likeness (QED) is 0.678. The average Bonchev–Trinajstić information content (AvgIpc) is 2.26. The molecule has 2 nitrogen and oxygen atoms in total. The van der Waals surface area contributed by atoms with Gasteiger partial charge in [-0.3, -0.25) is 0 Å². The zero-order valence-electron chi connectivity index (χ0n) is 7.88. The van der Waals surface area contributed by atoms with Crippen LogP contribution < -0.4 is 5.32 Å². The van der Waals surface area contributed by atoms with E-state index in [0.29, 0.717) is 0 Å². The molecule has 1 aromatic carbocycles. The Morgan fingerprint density at radius 1 is 1.43 bits per heavy atom. The number of rotatable bonds is 0. The highest BCUT2D eigenvalue weighted by Crippen LogP contribution is 2.23. The molecule has 0 aliphatic carbocycles. The zero-order valence-corrected chi connectivity index (χ0v) is 7.88. The van der Waals surface area contributed by atoms with E-state index in [1.54, 1.807) is 0 Å². The highest BCUT2D eigenvalue weighted by atomic mass is 15.0. The second-order valence-corrected chi connectivity index (χ2v) is 3.65. The molecular weight excluding hydrogens is 172 g/mol. The minimum Gasteiger partial charge on any atom is -0.370 e. The van der Waals surface area contributed by atoms with Gasteiger partial charge >= 0.3 is 0 Å². The van der Waals surface area contributed by atoms with Gasteiger partial charge in [0.1, 0.15) is 5.82 Å². The normalized spacial score (nSPS) is 14.9. The molecule has 0 saturated heterocycles. The summed E-state index contributed by atoms with van der Waals surface area (Å²) < 4.78 is 0. The third-order valence-corrected chi connectivity index (χ3v) is 2.66. The zero-order chi connectivity index (χ0) is 9.38. The molecule has 0 atom stereocenters. The maximum Gasteiger partial charge on any atom is 0.129 e. The van der Waals surface area contributed by atoms with Gasteiger partial charge in [-0.15, -0.1) is 0 Å². The Morgan fingerprint density at radius 3 is 3.43 bits per heavy atom. The first-order valence-corrected chi connectivity index (χ1v) is 4.97. The van der Waals surface area contributed by atoms with Crippen LogP contribution in [0.5, 0.6) is 0 Å². The first-order valence-electron chi connectivity index (χ1n) is 4.97. The lowest BCUT2D eigenvalue weighted by molar-refractivity contribution is 0.821. The molecule has 14 heavy (non-hydrogen) atoms. The molecule has 1 N–H and O–H groups in total. The number of hydrogen-bond donors (Lipinski definition) is 1. The smallest absolute Gasteiger partial charge is 0.129 e. The molecule has 69 valence electrons. The molecule has 2 heterocycles. The van der Waals surface area contributed by atoms with Crippen molar-refractivity contribution in [2.75, 3.05) is 11.9 Å². The molecule has 3 rings (SSSR count). The fraction of sp³-hybridized carbons (Fsp3) is 0.250. The van der Waals surface area contributed by atoms with E-state index < -0.39 is 0 Å². The fourth-order valence-corrected chi connectivity index (χ4v) is 1.93. The summed E-state index contributed by atoms with van der Waals surface area (Å²) in [5.41, 5.74) is 2.37. The average molecular weight is 183 g/mol. The van der Waals surface area contributed by atoms with Crippen LogP contribution in [0, 0.1) is 6.07 Å². The number of nitrogens with zero attached hydrogens (tertiary/aromatic N) is 1. The molecule has 1 aliphatic heterocycles. The van der Waals surface area contributed by atoms with Crippen LogP contribution in [-0.4, -0.2) is 11.5 Å². The fourth-order valence-electron chi connectivity index (χ4n) is 1.93. The van der Waals surface area contributed by atoms with E-state index in [4.69, 9.17) is 0 Å². The summed E-state index contributed by atoms with van der Waals surface area (Å²) in [5, 5.41) is 4.54. The van der Waals surface area contributed by atoms with E-state index in [1.807, 2.05) is 12.1 Å². The summed E-state index contributed by atoms with van der Waals surface area (Å²) in [6, 6.07) is 11.2. The molecule has 1 radical (unpaired) electrons. The van der Waals surface area contributed by atoms with E-state index >= 15 is 0 Å². The van der Waals surface area contributed by atoms with E-state index in [-0.39, 0.29) is 0 Å². The Kier molecular flexibility index (Phi) is 1.66. The Hall–Kier alpha value is -1.57. The van der Waals surface area contributed by atoms with Gasteiger partial charge in [0.15, 0.2) is 0 Å². The van der Waals surface area contributed by atoms with Gasteiger partial charge in [-0.25, -0.2) is 4.98 Å². The van der Waals surface area contributed by atoms with E-state index in [9.17, 15) is 0 Å². The first-order chi connectivity index (χ1) is 6.93. The number of aromatic nitrogens is 1. The van der Waals surface area contributed by atoms with Gasteiger partial charge in [0.2, 0.25) is 0 Å². The summed E-state index contributed by atoms with van der Waals surface area (Å²) >= 11 is 0. The standard InChI is InChI=1S/C12H11N2/c1-2-6-11-9(4-1)8-10-5-3-7-13-12(10)14-11/h1,4,6,8H,3,5,7H2,(H,13,14). The van der Waals surface area contributed by atoms with Crippen LogP contribution >= 0.6 is 0 Å². The predicted molar refractivity (Wildman–Crippen MR) is 57.4 cm³/mol. The van der Waals surface area contributed by atoms with Crippen molar-refractivity contribution in [3.05, 3.63) is 35.9 Å². The first kappa shape index (κ1) is 7.80. The lowest BCUT2D eigenvalue weighted by Crippen LogP contribution is -2.13. The minimum absolute atomic E-state index is 1.03. The van der Waals surface area contributed by atoms with Crippen LogP contribution in [0.1, 0.15) is 12.0 Å². The summed E-state index contributed by atoms with van der Waals surface area (Å²) in [6.45, 7) is 1.04. The van der Waals surface area contributed by atoms with Gasteiger partial charge in [-0.05, 0) is 36.6 Å². The van der Waals surface area contributed by atoms with Gasteiger partial charge in [0.25, 0.3) is 0 Å². The summed E-state index contributed by atoms with van der Waals surface area (Å²) in [5.74, 6) is 1.06. The van der Waals surface area contributed by atoms with E-state index in [0.717, 1.165) is 24.3 Å². The van der Waals surface area contributed by atoms with Crippen molar-refractivity contribution in [2.45, 2.75) is 12.8 Å². The highest BCUT2D eigenvalue weighted by Gasteiger charge is 2.10. The molecule has 2 aromatic rings. The van der Waals surface area contributed by atoms with E-state index in [1.165, 1.54) is 17.4 Å². The van der Waals surface area contributed by atoms with Crippen molar-refractivity contribution in [3.8, 4) is 0 Å². The van der Waals surface area contributed by atoms with Crippen molar-refractivity contribution in [1.82, 2.24) is 4.98 Å². The Balaban J connectivity index is 2.27. The number of nitrogens with one attached hydrogen (secondary N) is 1. The Morgan fingerprint density at radius 2 is 2.43 bits per heavy atom. The van der Waals surface area contributed by atoms with Gasteiger partial charge in [0.05, 0.1) is 5.52 Å². The number of hydrogen-bond acceptors (Lipinski definition) is 2. The van der Waals surface area contributed by atoms with Crippen LogP contribution in [0.25, 0.3) is 10.9 Å². The minimum atomic E-state index is 1.03. The van der Waals surface area contributed by atoms with E-state index in [2.05, 4.69) is 28.5 Å². The van der Waals surface area contributed by atoms with Crippen LogP contribution in [0.4, 0.5) is 5.82 Å². The molecule has 0 spiro atoms. The topological polar surface area (TPSA) is 24.9 Å². The number of aryl methyl sites for hydroxylation is 1. The van der Waals surface area contributed by atoms with Crippen LogP contribution in [0.3, 0.4) is 0 Å². The van der Waals surface area contributed by atoms with Crippen LogP contribution in [0.2, 0.25) is 0 Å². The second-order valence-electron chi connectivity index (χ2n) is 3.65. The number of benzene rings is 1. The summed E-state index contributed by atoms with van der Waals surface area (Å²) in [7, 11) is 0. The molecule has 0 amide bonds. The monoisotopic (exact) mass is 183 g/mol. The van der Waals surface area contributed by atoms with Crippen molar-refractivity contribution in [2.24, 2.45) is 0 Å². The van der Waals surface area contributed by atoms with Gasteiger partial charge in [-0.1, -0.05) is 12.1 Å². The molecule has 1 aromatic heterocycles. The molecule has 0 saturated carbocycles. The molecular formula is C12H11N2. The lowest BCUT2D eigenvalue weighted by atomic mass is 10.0. The maximum absolute atomic E-state index is 4.57. The largest absolute Gasteiger partial charge is 0.370 e. The van der Waals surface area contributed by atoms with Gasteiger partial charge in [0, 0.05) is 11.9 Å². The van der Waals surface area contributed by atoms with Crippen LogP contribution in [-0.2, 0) is 6.42 Å². The van der Waals surface area contributed by atoms with Gasteiger partial charge in [-0.2, -0.15) is 0 Å².